The maximum atomic E-state index is 5.21. The number of pyridine rings is 1. The van der Waals surface area contributed by atoms with Gasteiger partial charge in [-0.1, -0.05) is 18.2 Å². The number of hydrogen-bond donors (Lipinski definition) is 1. The minimum atomic E-state index is 0.589. The molecule has 0 aliphatic rings. The van der Waals surface area contributed by atoms with Crippen molar-refractivity contribution in [1.82, 2.24) is 20.2 Å². The maximum Gasteiger partial charge on any atom is 0.200 e. The summed E-state index contributed by atoms with van der Waals surface area (Å²) >= 11 is 0. The van der Waals surface area contributed by atoms with Crippen molar-refractivity contribution in [3.63, 3.8) is 0 Å². The molecule has 0 saturated carbocycles. The van der Waals surface area contributed by atoms with Gasteiger partial charge in [0.1, 0.15) is 11.4 Å². The number of rotatable bonds is 3. The van der Waals surface area contributed by atoms with E-state index in [0.717, 1.165) is 22.7 Å². The van der Waals surface area contributed by atoms with Gasteiger partial charge in [0.05, 0.1) is 7.11 Å². The minimum Gasteiger partial charge on any atom is -0.497 e. The van der Waals surface area contributed by atoms with Crippen molar-refractivity contribution in [3.8, 4) is 28.7 Å². The Labute approximate surface area is 116 Å². The van der Waals surface area contributed by atoms with Gasteiger partial charge in [0.2, 0.25) is 0 Å². The van der Waals surface area contributed by atoms with Crippen molar-refractivity contribution in [3.05, 3.63) is 48.2 Å². The number of aromatic nitrogens is 4. The van der Waals surface area contributed by atoms with Crippen LogP contribution in [0.1, 0.15) is 5.69 Å². The Hall–Kier alpha value is -2.69. The first-order valence-electron chi connectivity index (χ1n) is 6.27. The molecule has 0 unspecified atom stereocenters. The van der Waals surface area contributed by atoms with E-state index in [0.29, 0.717) is 11.6 Å². The molecule has 2 aromatic heterocycles. The van der Waals surface area contributed by atoms with E-state index in [1.54, 1.807) is 7.11 Å². The molecule has 0 saturated heterocycles. The third-order valence-corrected chi connectivity index (χ3v) is 2.95. The Morgan fingerprint density at radius 3 is 2.70 bits per heavy atom. The summed E-state index contributed by atoms with van der Waals surface area (Å²) in [7, 11) is 1.64. The first-order valence-corrected chi connectivity index (χ1v) is 6.27. The molecule has 0 amide bonds. The molecule has 2 heterocycles. The normalized spacial score (nSPS) is 10.5. The van der Waals surface area contributed by atoms with Crippen LogP contribution in [-0.2, 0) is 0 Å². The summed E-state index contributed by atoms with van der Waals surface area (Å²) in [5.74, 6) is 2.07. The SMILES string of the molecule is COc1cccc(-c2nc(-c3cccc(C)n3)n[nH]2)c1. The molecule has 100 valence electrons. The van der Waals surface area contributed by atoms with Gasteiger partial charge in [-0.05, 0) is 31.2 Å². The number of nitrogens with zero attached hydrogens (tertiary/aromatic N) is 3. The number of hydrogen-bond acceptors (Lipinski definition) is 4. The molecular formula is C15H14N4O. The smallest absolute Gasteiger partial charge is 0.200 e. The molecule has 3 aromatic rings. The molecule has 0 radical (unpaired) electrons. The summed E-state index contributed by atoms with van der Waals surface area (Å²) in [6.07, 6.45) is 0. The van der Waals surface area contributed by atoms with E-state index in [1.165, 1.54) is 0 Å². The van der Waals surface area contributed by atoms with Crippen LogP contribution < -0.4 is 4.74 Å². The fourth-order valence-corrected chi connectivity index (χ4v) is 1.94. The lowest BCUT2D eigenvalue weighted by molar-refractivity contribution is 0.415. The molecule has 5 nitrogen and oxygen atoms in total. The van der Waals surface area contributed by atoms with Crippen LogP contribution >= 0.6 is 0 Å². The number of methoxy groups -OCH3 is 1. The summed E-state index contributed by atoms with van der Waals surface area (Å²) in [6.45, 7) is 1.94. The highest BCUT2D eigenvalue weighted by Gasteiger charge is 2.09. The van der Waals surface area contributed by atoms with Gasteiger partial charge in [-0.25, -0.2) is 9.97 Å². The predicted octanol–water partition coefficient (Wildman–Crippen LogP) is 2.85. The lowest BCUT2D eigenvalue weighted by Gasteiger charge is -2.00. The molecule has 0 fully saturated rings. The van der Waals surface area contributed by atoms with Crippen LogP contribution in [-0.4, -0.2) is 27.3 Å². The summed E-state index contributed by atoms with van der Waals surface area (Å²) in [6, 6.07) is 13.5. The zero-order chi connectivity index (χ0) is 13.9. The van der Waals surface area contributed by atoms with Crippen molar-refractivity contribution in [2.45, 2.75) is 6.92 Å². The fourth-order valence-electron chi connectivity index (χ4n) is 1.94. The van der Waals surface area contributed by atoms with E-state index in [9.17, 15) is 0 Å². The Kier molecular flexibility index (Phi) is 3.16. The van der Waals surface area contributed by atoms with Crippen molar-refractivity contribution >= 4 is 0 Å². The number of H-pyrrole nitrogens is 1. The second-order valence-electron chi connectivity index (χ2n) is 4.40. The summed E-state index contributed by atoms with van der Waals surface area (Å²) in [5, 5.41) is 7.15. The third-order valence-electron chi connectivity index (χ3n) is 2.95. The highest BCUT2D eigenvalue weighted by atomic mass is 16.5. The fraction of sp³-hybridized carbons (Fsp3) is 0.133. The van der Waals surface area contributed by atoms with Crippen molar-refractivity contribution in [2.24, 2.45) is 0 Å². The van der Waals surface area contributed by atoms with Gasteiger partial charge in [0, 0.05) is 11.3 Å². The van der Waals surface area contributed by atoms with Crippen LogP contribution in [0.5, 0.6) is 5.75 Å². The van der Waals surface area contributed by atoms with Crippen LogP contribution in [0.4, 0.5) is 0 Å². The molecule has 5 heteroatoms. The van der Waals surface area contributed by atoms with Gasteiger partial charge in [0.15, 0.2) is 11.6 Å². The zero-order valence-electron chi connectivity index (χ0n) is 11.3. The Bertz CT molecular complexity index is 736. The van der Waals surface area contributed by atoms with Crippen molar-refractivity contribution in [1.29, 1.82) is 0 Å². The van der Waals surface area contributed by atoms with Gasteiger partial charge >= 0.3 is 0 Å². The van der Waals surface area contributed by atoms with Crippen LogP contribution in [0.2, 0.25) is 0 Å². The third kappa shape index (κ3) is 2.38. The molecular weight excluding hydrogens is 252 g/mol. The Balaban J connectivity index is 1.97. The molecule has 3 rings (SSSR count). The molecule has 0 bridgehead atoms. The van der Waals surface area contributed by atoms with Crippen molar-refractivity contribution < 1.29 is 4.74 Å². The Morgan fingerprint density at radius 2 is 1.90 bits per heavy atom. The van der Waals surface area contributed by atoms with E-state index in [-0.39, 0.29) is 0 Å². The van der Waals surface area contributed by atoms with Crippen LogP contribution in [0.25, 0.3) is 22.9 Å². The van der Waals surface area contributed by atoms with Gasteiger partial charge in [-0.15, -0.1) is 0 Å². The van der Waals surface area contributed by atoms with Gasteiger partial charge < -0.3 is 4.74 Å². The van der Waals surface area contributed by atoms with E-state index in [1.807, 2.05) is 49.4 Å². The maximum absolute atomic E-state index is 5.21. The first kappa shape index (κ1) is 12.3. The monoisotopic (exact) mass is 266 g/mol. The number of nitrogens with one attached hydrogen (secondary N) is 1. The van der Waals surface area contributed by atoms with Crippen LogP contribution in [0.3, 0.4) is 0 Å². The van der Waals surface area contributed by atoms with E-state index in [4.69, 9.17) is 4.74 Å². The Morgan fingerprint density at radius 1 is 1.05 bits per heavy atom. The molecule has 0 aliphatic carbocycles. The van der Waals surface area contributed by atoms with Crippen LogP contribution in [0, 0.1) is 6.92 Å². The largest absolute Gasteiger partial charge is 0.497 e. The number of benzene rings is 1. The molecule has 20 heavy (non-hydrogen) atoms. The zero-order valence-corrected chi connectivity index (χ0v) is 11.3. The highest BCUT2D eigenvalue weighted by Crippen LogP contribution is 2.22. The molecule has 0 atom stereocenters. The number of aryl methyl sites for hydroxylation is 1. The van der Waals surface area contributed by atoms with E-state index in [2.05, 4.69) is 20.2 Å². The molecule has 1 aromatic carbocycles. The standard InChI is InChI=1S/C15H14N4O/c1-10-5-3-8-13(16-10)15-17-14(18-19-15)11-6-4-7-12(9-11)20-2/h3-9H,1-2H3,(H,17,18,19). The summed E-state index contributed by atoms with van der Waals surface area (Å²) < 4.78 is 5.21. The van der Waals surface area contributed by atoms with Gasteiger partial charge in [-0.2, -0.15) is 5.10 Å². The second-order valence-corrected chi connectivity index (χ2v) is 4.40. The second kappa shape index (κ2) is 5.13. The molecule has 0 aliphatic heterocycles. The predicted molar refractivity (Wildman–Crippen MR) is 76.3 cm³/mol. The molecule has 1 N–H and O–H groups in total. The number of aromatic amines is 1. The first-order chi connectivity index (χ1) is 9.76. The molecule has 0 spiro atoms. The lowest BCUT2D eigenvalue weighted by Crippen LogP contribution is -1.88. The number of ether oxygens (including phenoxy) is 1. The van der Waals surface area contributed by atoms with Crippen molar-refractivity contribution in [2.75, 3.05) is 7.11 Å². The summed E-state index contributed by atoms with van der Waals surface area (Å²) in [4.78, 5) is 8.90. The summed E-state index contributed by atoms with van der Waals surface area (Å²) in [5.41, 5.74) is 2.63. The van der Waals surface area contributed by atoms with Crippen LogP contribution in [0.15, 0.2) is 42.5 Å². The minimum absolute atomic E-state index is 0.589. The van der Waals surface area contributed by atoms with E-state index >= 15 is 0 Å². The van der Waals surface area contributed by atoms with E-state index < -0.39 is 0 Å². The van der Waals surface area contributed by atoms with Gasteiger partial charge in [-0.3, -0.25) is 5.10 Å². The average Bonchev–Trinajstić information content (AvgIpc) is 2.97. The van der Waals surface area contributed by atoms with Gasteiger partial charge in [0.25, 0.3) is 0 Å². The quantitative estimate of drug-likeness (QED) is 0.791. The topological polar surface area (TPSA) is 63.7 Å². The lowest BCUT2D eigenvalue weighted by atomic mass is 10.2. The average molecular weight is 266 g/mol. The highest BCUT2D eigenvalue weighted by molar-refractivity contribution is 5.60.